The number of likely N-dealkylation sites (tertiary alicyclic amines) is 1. The fraction of sp³-hybridized carbons (Fsp3) is 0.487. The van der Waals surface area contributed by atoms with E-state index in [0.717, 1.165) is 29.5 Å². The number of hydrogen-bond donors (Lipinski definition) is 0. The minimum absolute atomic E-state index is 0.116. The number of amides is 1. The van der Waals surface area contributed by atoms with E-state index in [0.29, 0.717) is 61.0 Å². The second kappa shape index (κ2) is 16.6. The molecule has 4 rings (SSSR count). The van der Waals surface area contributed by atoms with E-state index in [9.17, 15) is 9.59 Å². The first kappa shape index (κ1) is 36.4. The quantitative estimate of drug-likeness (QED) is 0.196. The molecule has 48 heavy (non-hydrogen) atoms. The Morgan fingerprint density at radius 1 is 0.875 bits per heavy atom. The number of esters is 1. The molecule has 9 heteroatoms. The number of methoxy groups -OCH3 is 5. The normalized spacial score (nSPS) is 18.2. The Bertz CT molecular complexity index is 1500. The van der Waals surface area contributed by atoms with Gasteiger partial charge in [0.05, 0.1) is 41.5 Å². The zero-order valence-corrected chi connectivity index (χ0v) is 29.7. The number of aryl methyl sites for hydroxylation is 1. The molecule has 0 N–H and O–H groups in total. The Morgan fingerprint density at radius 3 is 2.19 bits per heavy atom. The fourth-order valence-electron chi connectivity index (χ4n) is 6.54. The lowest BCUT2D eigenvalue weighted by atomic mass is 9.89. The SMILES string of the molecule is CC[C@@H](C(=O)N1CCCC[C@H]1C(=O)O[C@H](CCc1ccc(OC)c(OC)c1)C1=CC(C)(C)C=CC=C1)c1cc(OC)c(OC)c(OC)c1. The molecule has 1 aliphatic heterocycles. The maximum Gasteiger partial charge on any atom is 0.329 e. The Labute approximate surface area is 285 Å². The number of nitrogens with zero attached hydrogens (tertiary/aromatic N) is 1. The van der Waals surface area contributed by atoms with Crippen LogP contribution in [0.5, 0.6) is 28.7 Å². The number of carbonyl (C=O) groups is 2. The predicted molar refractivity (Wildman–Crippen MR) is 186 cm³/mol. The highest BCUT2D eigenvalue weighted by Gasteiger charge is 2.38. The molecule has 0 saturated carbocycles. The Balaban J connectivity index is 1.61. The lowest BCUT2D eigenvalue weighted by Crippen LogP contribution is -2.51. The van der Waals surface area contributed by atoms with Gasteiger partial charge in [-0.25, -0.2) is 4.79 Å². The second-order valence-corrected chi connectivity index (χ2v) is 12.8. The molecular formula is C39H51NO8. The van der Waals surface area contributed by atoms with Crippen LogP contribution in [-0.2, 0) is 20.7 Å². The molecule has 2 aromatic carbocycles. The summed E-state index contributed by atoms with van der Waals surface area (Å²) < 4.78 is 34.0. The molecule has 1 heterocycles. The van der Waals surface area contributed by atoms with Crippen LogP contribution in [0.25, 0.3) is 0 Å². The van der Waals surface area contributed by atoms with Gasteiger partial charge in [0.15, 0.2) is 23.0 Å². The largest absolute Gasteiger partial charge is 0.493 e. The van der Waals surface area contributed by atoms with Gasteiger partial charge >= 0.3 is 5.97 Å². The first-order valence-corrected chi connectivity index (χ1v) is 16.7. The third-order valence-electron chi connectivity index (χ3n) is 9.09. The zero-order valence-electron chi connectivity index (χ0n) is 29.7. The number of piperidine rings is 1. The molecule has 9 nitrogen and oxygen atoms in total. The topological polar surface area (TPSA) is 92.8 Å². The molecule has 0 bridgehead atoms. The average Bonchev–Trinajstić information content (AvgIpc) is 3.29. The second-order valence-electron chi connectivity index (χ2n) is 12.8. The van der Waals surface area contributed by atoms with Gasteiger partial charge in [-0.05, 0) is 79.5 Å². The molecule has 260 valence electrons. The van der Waals surface area contributed by atoms with Gasteiger partial charge in [-0.2, -0.15) is 0 Å². The molecule has 1 aliphatic carbocycles. The van der Waals surface area contributed by atoms with E-state index < -0.39 is 18.1 Å². The van der Waals surface area contributed by atoms with E-state index >= 15 is 0 Å². The van der Waals surface area contributed by atoms with Crippen LogP contribution in [0.1, 0.15) is 69.9 Å². The molecule has 2 aliphatic rings. The van der Waals surface area contributed by atoms with Gasteiger partial charge in [-0.3, -0.25) is 4.79 Å². The summed E-state index contributed by atoms with van der Waals surface area (Å²) in [6, 6.07) is 8.78. The Morgan fingerprint density at radius 2 is 1.56 bits per heavy atom. The van der Waals surface area contributed by atoms with Crippen molar-refractivity contribution in [3.05, 3.63) is 77.4 Å². The van der Waals surface area contributed by atoms with Gasteiger partial charge in [-0.15, -0.1) is 0 Å². The molecule has 1 fully saturated rings. The molecule has 0 aromatic heterocycles. The number of benzene rings is 2. The van der Waals surface area contributed by atoms with Crippen molar-refractivity contribution >= 4 is 11.9 Å². The third-order valence-corrected chi connectivity index (χ3v) is 9.09. The summed E-state index contributed by atoms with van der Waals surface area (Å²) in [6.45, 7) is 6.70. The zero-order chi connectivity index (χ0) is 34.8. The average molecular weight is 662 g/mol. The van der Waals surface area contributed by atoms with Crippen molar-refractivity contribution in [2.24, 2.45) is 5.41 Å². The van der Waals surface area contributed by atoms with Crippen molar-refractivity contribution < 1.29 is 38.0 Å². The van der Waals surface area contributed by atoms with Crippen molar-refractivity contribution in [2.75, 3.05) is 42.1 Å². The van der Waals surface area contributed by atoms with Crippen LogP contribution in [0, 0.1) is 5.41 Å². The summed E-state index contributed by atoms with van der Waals surface area (Å²) in [5.74, 6) is 1.72. The highest BCUT2D eigenvalue weighted by molar-refractivity contribution is 5.89. The van der Waals surface area contributed by atoms with Gasteiger partial charge in [0.25, 0.3) is 0 Å². The monoisotopic (exact) mass is 661 g/mol. The summed E-state index contributed by atoms with van der Waals surface area (Å²) in [7, 11) is 7.88. The smallest absolute Gasteiger partial charge is 0.329 e. The number of hydrogen-bond acceptors (Lipinski definition) is 8. The number of rotatable bonds is 14. The molecule has 0 unspecified atom stereocenters. The maximum absolute atomic E-state index is 14.3. The summed E-state index contributed by atoms with van der Waals surface area (Å²) in [5, 5.41) is 0. The highest BCUT2D eigenvalue weighted by atomic mass is 16.5. The number of carbonyl (C=O) groups excluding carboxylic acids is 2. The van der Waals surface area contributed by atoms with Crippen molar-refractivity contribution in [1.29, 1.82) is 0 Å². The Hall–Kier alpha value is -4.40. The number of ether oxygens (including phenoxy) is 6. The first-order valence-electron chi connectivity index (χ1n) is 16.7. The summed E-state index contributed by atoms with van der Waals surface area (Å²) in [6.07, 6.45) is 13.7. The molecule has 3 atom stereocenters. The molecule has 0 radical (unpaired) electrons. The molecule has 2 aromatic rings. The van der Waals surface area contributed by atoms with Crippen LogP contribution < -0.4 is 23.7 Å². The minimum Gasteiger partial charge on any atom is -0.493 e. The lowest BCUT2D eigenvalue weighted by Gasteiger charge is -2.37. The summed E-state index contributed by atoms with van der Waals surface area (Å²) in [4.78, 5) is 30.2. The standard InChI is InChI=1S/C39H51NO8/c1-9-29(28-23-34(45-6)36(47-8)35(24-28)46-7)37(41)40-21-13-11-15-30(40)38(42)48-31(27-14-10-12-20-39(2,3)25-27)18-16-26-17-19-32(43-4)33(22-26)44-5/h10,12,14,17,19-20,22-25,29-31H,9,11,13,15-16,18,21H2,1-8H3/t29-,30+,31-/m1/s1. The molecule has 1 saturated heterocycles. The number of allylic oxidation sites excluding steroid dienone is 4. The van der Waals surface area contributed by atoms with Crippen molar-refractivity contribution in [2.45, 2.75) is 77.4 Å². The first-order chi connectivity index (χ1) is 23.1. The summed E-state index contributed by atoms with van der Waals surface area (Å²) >= 11 is 0. The minimum atomic E-state index is -0.688. The van der Waals surface area contributed by atoms with Crippen LogP contribution in [0.15, 0.2) is 66.3 Å². The molecule has 0 spiro atoms. The lowest BCUT2D eigenvalue weighted by molar-refractivity contribution is -0.160. The van der Waals surface area contributed by atoms with E-state index in [1.165, 1.54) is 0 Å². The maximum atomic E-state index is 14.3. The highest BCUT2D eigenvalue weighted by Crippen LogP contribution is 2.41. The predicted octanol–water partition coefficient (Wildman–Crippen LogP) is 7.23. The van der Waals surface area contributed by atoms with E-state index in [4.69, 9.17) is 28.4 Å². The van der Waals surface area contributed by atoms with E-state index in [1.54, 1.807) is 40.4 Å². The van der Waals surface area contributed by atoms with Crippen molar-refractivity contribution in [1.82, 2.24) is 4.90 Å². The van der Waals surface area contributed by atoms with Gasteiger partial charge in [0, 0.05) is 12.0 Å². The third kappa shape index (κ3) is 8.54. The summed E-state index contributed by atoms with van der Waals surface area (Å²) in [5.41, 5.74) is 2.48. The Kier molecular flexibility index (Phi) is 12.6. The van der Waals surface area contributed by atoms with Crippen molar-refractivity contribution in [3.63, 3.8) is 0 Å². The van der Waals surface area contributed by atoms with E-state index in [1.807, 2.05) is 55.5 Å². The van der Waals surface area contributed by atoms with Gasteiger partial charge < -0.3 is 33.3 Å². The van der Waals surface area contributed by atoms with Crippen molar-refractivity contribution in [3.8, 4) is 28.7 Å². The van der Waals surface area contributed by atoms with Crippen LogP contribution in [-0.4, -0.2) is 71.0 Å². The molecular weight excluding hydrogens is 610 g/mol. The van der Waals surface area contributed by atoms with E-state index in [-0.39, 0.29) is 17.3 Å². The fourth-order valence-corrected chi connectivity index (χ4v) is 6.54. The van der Waals surface area contributed by atoms with Crippen LogP contribution >= 0.6 is 0 Å². The van der Waals surface area contributed by atoms with Gasteiger partial charge in [0.1, 0.15) is 12.1 Å². The van der Waals surface area contributed by atoms with Crippen LogP contribution in [0.4, 0.5) is 0 Å². The molecule has 1 amide bonds. The van der Waals surface area contributed by atoms with Gasteiger partial charge in [0.2, 0.25) is 11.7 Å². The van der Waals surface area contributed by atoms with Crippen LogP contribution in [0.2, 0.25) is 0 Å². The van der Waals surface area contributed by atoms with Crippen LogP contribution in [0.3, 0.4) is 0 Å². The van der Waals surface area contributed by atoms with Gasteiger partial charge in [-0.1, -0.05) is 57.2 Å². The van der Waals surface area contributed by atoms with E-state index in [2.05, 4.69) is 26.0 Å².